The van der Waals surface area contributed by atoms with Crippen LogP contribution in [0.5, 0.6) is 0 Å². The van der Waals surface area contributed by atoms with E-state index in [1.807, 2.05) is 0 Å². The van der Waals surface area contributed by atoms with Crippen molar-refractivity contribution in [3.63, 3.8) is 0 Å². The van der Waals surface area contributed by atoms with Crippen molar-refractivity contribution in [2.24, 2.45) is 0 Å². The van der Waals surface area contributed by atoms with Gasteiger partial charge in [-0.25, -0.2) is 0 Å². The molecular weight excluding hydrogens is 250 g/mol. The van der Waals surface area contributed by atoms with Crippen LogP contribution in [0, 0.1) is 0 Å². The molecule has 1 N–H and O–H groups in total. The van der Waals surface area contributed by atoms with E-state index in [4.69, 9.17) is 0 Å². The Balaban J connectivity index is 1.66. The summed E-state index contributed by atoms with van der Waals surface area (Å²) in [7, 11) is 0. The van der Waals surface area contributed by atoms with Crippen LogP contribution in [-0.2, 0) is 6.54 Å². The lowest BCUT2D eigenvalue weighted by Crippen LogP contribution is -1.99. The first kappa shape index (κ1) is 12.6. The van der Waals surface area contributed by atoms with Crippen LogP contribution in [0.15, 0.2) is 53.4 Å². The zero-order chi connectivity index (χ0) is 13.1. The first-order valence-electron chi connectivity index (χ1n) is 6.82. The van der Waals surface area contributed by atoms with Crippen molar-refractivity contribution < 1.29 is 0 Å². The van der Waals surface area contributed by atoms with Crippen molar-refractivity contribution in [2.75, 3.05) is 11.6 Å². The van der Waals surface area contributed by atoms with Gasteiger partial charge in [0.15, 0.2) is 0 Å². The molecule has 1 aliphatic rings. The van der Waals surface area contributed by atoms with E-state index in [0.29, 0.717) is 0 Å². The third-order valence-corrected chi connectivity index (χ3v) is 4.29. The molecule has 0 amide bonds. The van der Waals surface area contributed by atoms with E-state index in [9.17, 15) is 0 Å². The standard InChI is InChI=1S/C17H19NS/c1-19-17-7-3-6-16(11-17)18-12-13-4-2-5-15(10-13)14-8-9-14/h2-7,10-11,14,18H,8-9,12H2,1H3. The van der Waals surface area contributed by atoms with Crippen molar-refractivity contribution in [2.45, 2.75) is 30.2 Å². The highest BCUT2D eigenvalue weighted by Crippen LogP contribution is 2.40. The zero-order valence-electron chi connectivity index (χ0n) is 11.2. The van der Waals surface area contributed by atoms with Gasteiger partial charge in [-0.15, -0.1) is 11.8 Å². The fourth-order valence-electron chi connectivity index (χ4n) is 2.31. The molecule has 0 bridgehead atoms. The number of benzene rings is 2. The largest absolute Gasteiger partial charge is 0.381 e. The second-order valence-corrected chi connectivity index (χ2v) is 5.98. The monoisotopic (exact) mass is 269 g/mol. The molecule has 0 heterocycles. The molecule has 0 atom stereocenters. The van der Waals surface area contributed by atoms with Crippen molar-refractivity contribution in [1.29, 1.82) is 0 Å². The Morgan fingerprint density at radius 1 is 1.11 bits per heavy atom. The van der Waals surface area contributed by atoms with Gasteiger partial charge in [-0.1, -0.05) is 30.3 Å². The maximum atomic E-state index is 3.51. The van der Waals surface area contributed by atoms with Gasteiger partial charge in [-0.3, -0.25) is 0 Å². The number of hydrogen-bond acceptors (Lipinski definition) is 2. The van der Waals surface area contributed by atoms with Crippen molar-refractivity contribution in [3.8, 4) is 0 Å². The van der Waals surface area contributed by atoms with Crippen LogP contribution in [0.1, 0.15) is 29.9 Å². The zero-order valence-corrected chi connectivity index (χ0v) is 12.0. The van der Waals surface area contributed by atoms with Gasteiger partial charge < -0.3 is 5.32 Å². The van der Waals surface area contributed by atoms with Crippen LogP contribution < -0.4 is 5.32 Å². The molecule has 98 valence electrons. The summed E-state index contributed by atoms with van der Waals surface area (Å²) in [6.07, 6.45) is 4.84. The van der Waals surface area contributed by atoms with E-state index < -0.39 is 0 Å². The lowest BCUT2D eigenvalue weighted by atomic mass is 10.1. The van der Waals surface area contributed by atoms with Crippen LogP contribution >= 0.6 is 11.8 Å². The van der Waals surface area contributed by atoms with E-state index in [2.05, 4.69) is 60.1 Å². The van der Waals surface area contributed by atoms with Crippen LogP contribution in [-0.4, -0.2) is 6.26 Å². The molecule has 0 spiro atoms. The number of hydrogen-bond donors (Lipinski definition) is 1. The van der Waals surface area contributed by atoms with Crippen LogP contribution in [0.25, 0.3) is 0 Å². The maximum Gasteiger partial charge on any atom is 0.0400 e. The highest BCUT2D eigenvalue weighted by atomic mass is 32.2. The van der Waals surface area contributed by atoms with Crippen molar-refractivity contribution in [1.82, 2.24) is 0 Å². The molecule has 1 nitrogen and oxygen atoms in total. The quantitative estimate of drug-likeness (QED) is 0.775. The molecule has 0 aliphatic heterocycles. The molecule has 1 fully saturated rings. The molecule has 0 saturated heterocycles. The minimum absolute atomic E-state index is 0.833. The third kappa shape index (κ3) is 3.32. The molecule has 0 unspecified atom stereocenters. The van der Waals surface area contributed by atoms with Crippen molar-refractivity contribution in [3.05, 3.63) is 59.7 Å². The lowest BCUT2D eigenvalue weighted by molar-refractivity contribution is 1.08. The topological polar surface area (TPSA) is 12.0 Å². The van der Waals surface area contributed by atoms with Gasteiger partial charge in [0, 0.05) is 17.1 Å². The second kappa shape index (κ2) is 5.70. The van der Waals surface area contributed by atoms with Gasteiger partial charge in [0.1, 0.15) is 0 Å². The SMILES string of the molecule is CSc1cccc(NCc2cccc(C3CC3)c2)c1. The fourth-order valence-corrected chi connectivity index (χ4v) is 2.77. The number of nitrogens with one attached hydrogen (secondary N) is 1. The Morgan fingerprint density at radius 3 is 2.74 bits per heavy atom. The molecule has 1 saturated carbocycles. The molecule has 3 rings (SSSR count). The highest BCUT2D eigenvalue weighted by molar-refractivity contribution is 7.98. The summed E-state index contributed by atoms with van der Waals surface area (Å²) in [6, 6.07) is 17.6. The predicted molar refractivity (Wildman–Crippen MR) is 84.0 cm³/mol. The molecule has 1 aliphatic carbocycles. The predicted octanol–water partition coefficient (Wildman–Crippen LogP) is 4.90. The molecule has 19 heavy (non-hydrogen) atoms. The number of anilines is 1. The van der Waals surface area contributed by atoms with E-state index in [-0.39, 0.29) is 0 Å². The lowest BCUT2D eigenvalue weighted by Gasteiger charge is -2.09. The van der Waals surface area contributed by atoms with E-state index in [1.54, 1.807) is 11.8 Å². The van der Waals surface area contributed by atoms with Gasteiger partial charge in [-0.05, 0) is 54.3 Å². The van der Waals surface area contributed by atoms with Gasteiger partial charge in [-0.2, -0.15) is 0 Å². The first-order chi connectivity index (χ1) is 9.35. The van der Waals surface area contributed by atoms with Crippen molar-refractivity contribution >= 4 is 17.4 Å². The molecular formula is C17H19NS. The smallest absolute Gasteiger partial charge is 0.0400 e. The fraction of sp³-hybridized carbons (Fsp3) is 0.294. The van der Waals surface area contributed by atoms with Gasteiger partial charge >= 0.3 is 0 Å². The van der Waals surface area contributed by atoms with E-state index in [0.717, 1.165) is 12.5 Å². The summed E-state index contributed by atoms with van der Waals surface area (Å²) in [5.74, 6) is 0.833. The van der Waals surface area contributed by atoms with Gasteiger partial charge in [0.2, 0.25) is 0 Å². The minimum atomic E-state index is 0.833. The van der Waals surface area contributed by atoms with E-state index >= 15 is 0 Å². The maximum absolute atomic E-state index is 3.51. The summed E-state index contributed by atoms with van der Waals surface area (Å²) in [5, 5.41) is 3.51. The number of rotatable bonds is 5. The Hall–Kier alpha value is -1.41. The molecule has 2 heteroatoms. The Labute approximate surface area is 119 Å². The van der Waals surface area contributed by atoms with Gasteiger partial charge in [0.25, 0.3) is 0 Å². The highest BCUT2D eigenvalue weighted by Gasteiger charge is 2.23. The number of thioether (sulfide) groups is 1. The second-order valence-electron chi connectivity index (χ2n) is 5.10. The average Bonchev–Trinajstić information content (AvgIpc) is 3.30. The Kier molecular flexibility index (Phi) is 3.79. The third-order valence-electron chi connectivity index (χ3n) is 3.57. The summed E-state index contributed by atoms with van der Waals surface area (Å²) < 4.78 is 0. The Bertz CT molecular complexity index is 561. The van der Waals surface area contributed by atoms with Crippen LogP contribution in [0.2, 0.25) is 0 Å². The van der Waals surface area contributed by atoms with Crippen LogP contribution in [0.4, 0.5) is 5.69 Å². The summed E-state index contributed by atoms with van der Waals surface area (Å²) in [6.45, 7) is 0.901. The summed E-state index contributed by atoms with van der Waals surface area (Å²) >= 11 is 1.78. The first-order valence-corrected chi connectivity index (χ1v) is 8.04. The van der Waals surface area contributed by atoms with Gasteiger partial charge in [0.05, 0.1) is 0 Å². The summed E-state index contributed by atoms with van der Waals surface area (Å²) in [4.78, 5) is 1.30. The molecule has 0 radical (unpaired) electrons. The van der Waals surface area contributed by atoms with Crippen LogP contribution in [0.3, 0.4) is 0 Å². The molecule has 0 aromatic heterocycles. The van der Waals surface area contributed by atoms with E-state index in [1.165, 1.54) is 34.6 Å². The minimum Gasteiger partial charge on any atom is -0.381 e. The normalized spacial score (nSPS) is 14.4. The molecule has 2 aromatic rings. The molecule has 2 aromatic carbocycles. The Morgan fingerprint density at radius 2 is 1.95 bits per heavy atom. The average molecular weight is 269 g/mol. The summed E-state index contributed by atoms with van der Waals surface area (Å²) in [5.41, 5.74) is 4.08.